The highest BCUT2D eigenvalue weighted by Gasteiger charge is 2.23. The van der Waals surface area contributed by atoms with Crippen LogP contribution in [0.2, 0.25) is 0 Å². The Morgan fingerprint density at radius 2 is 1.57 bits per heavy atom. The number of phenolic OH excluding ortho intramolecular Hbond substituents is 3. The van der Waals surface area contributed by atoms with Gasteiger partial charge >= 0.3 is 0 Å². The minimum absolute atomic E-state index is 0.0208. The predicted octanol–water partition coefficient (Wildman–Crippen LogP) is 6.82. The third kappa shape index (κ3) is 5.53. The lowest BCUT2D eigenvalue weighted by Crippen LogP contribution is -2.08. The summed E-state index contributed by atoms with van der Waals surface area (Å²) < 4.78 is 11.6. The zero-order valence-electron chi connectivity index (χ0n) is 21.3. The number of fused-ring (bicyclic) bond motifs is 2. The summed E-state index contributed by atoms with van der Waals surface area (Å²) in [7, 11) is 1.48. The summed E-state index contributed by atoms with van der Waals surface area (Å²) in [5.41, 5.74) is 4.09. The number of hydrogen-bond donors (Lipinski definition) is 3. The summed E-state index contributed by atoms with van der Waals surface area (Å²) in [5.74, 6) is -0.779. The van der Waals surface area contributed by atoms with E-state index >= 15 is 0 Å². The maximum atomic E-state index is 13.6. The molecule has 35 heavy (non-hydrogen) atoms. The summed E-state index contributed by atoms with van der Waals surface area (Å²) in [6.07, 6.45) is 8.72. The molecular weight excluding hydrogens is 444 g/mol. The van der Waals surface area contributed by atoms with Crippen LogP contribution in [0.1, 0.15) is 58.6 Å². The number of aromatic hydroxyl groups is 3. The molecule has 2 aromatic carbocycles. The van der Waals surface area contributed by atoms with Crippen molar-refractivity contribution in [3.05, 3.63) is 68.4 Å². The van der Waals surface area contributed by atoms with Gasteiger partial charge in [0.15, 0.2) is 11.3 Å². The zero-order chi connectivity index (χ0) is 25.9. The Morgan fingerprint density at radius 3 is 2.20 bits per heavy atom. The number of benzene rings is 2. The highest BCUT2D eigenvalue weighted by Crippen LogP contribution is 2.41. The Bertz CT molecular complexity index is 1410. The Balaban J connectivity index is 2.28. The first-order valence-corrected chi connectivity index (χ1v) is 11.7. The van der Waals surface area contributed by atoms with Crippen molar-refractivity contribution < 1.29 is 24.5 Å². The van der Waals surface area contributed by atoms with Gasteiger partial charge in [-0.3, -0.25) is 4.79 Å². The van der Waals surface area contributed by atoms with E-state index in [0.717, 1.165) is 18.4 Å². The Labute approximate surface area is 205 Å². The van der Waals surface area contributed by atoms with E-state index in [1.54, 1.807) is 0 Å². The maximum Gasteiger partial charge on any atom is 0.204 e. The standard InChI is InChI=1S/C29H34O6/c1-16(2)8-7-9-18(5)11-13-20-23(34-6)15-21(30)25-27(33)24-19(12-10-17(3)4)14-22(31)26(32)29(24)35-28(20)25/h8,10-11,14-15,30-32H,7,9,12-13H2,1-6H3/b18-11+. The molecule has 0 spiro atoms. The molecule has 0 aliphatic carbocycles. The van der Waals surface area contributed by atoms with Gasteiger partial charge in [0.2, 0.25) is 11.2 Å². The van der Waals surface area contributed by atoms with E-state index in [0.29, 0.717) is 29.7 Å². The smallest absolute Gasteiger partial charge is 0.204 e. The molecule has 0 unspecified atom stereocenters. The van der Waals surface area contributed by atoms with Gasteiger partial charge in [-0.15, -0.1) is 0 Å². The number of rotatable bonds is 8. The van der Waals surface area contributed by atoms with Crippen molar-refractivity contribution >= 4 is 21.9 Å². The fourth-order valence-electron chi connectivity index (χ4n) is 4.07. The van der Waals surface area contributed by atoms with Crippen molar-refractivity contribution in [2.75, 3.05) is 7.11 Å². The molecule has 6 nitrogen and oxygen atoms in total. The van der Waals surface area contributed by atoms with Crippen LogP contribution in [0.4, 0.5) is 0 Å². The normalized spacial score (nSPS) is 11.7. The molecule has 0 aliphatic heterocycles. The topological polar surface area (TPSA) is 100 Å². The van der Waals surface area contributed by atoms with E-state index in [9.17, 15) is 20.1 Å². The van der Waals surface area contributed by atoms with E-state index in [2.05, 4.69) is 19.9 Å². The van der Waals surface area contributed by atoms with Crippen molar-refractivity contribution in [2.24, 2.45) is 0 Å². The third-order valence-electron chi connectivity index (χ3n) is 5.99. The van der Waals surface area contributed by atoms with Crippen LogP contribution in [0.5, 0.6) is 23.0 Å². The molecule has 6 heteroatoms. The molecule has 0 aliphatic rings. The van der Waals surface area contributed by atoms with Crippen molar-refractivity contribution in [3.63, 3.8) is 0 Å². The van der Waals surface area contributed by atoms with E-state index in [1.165, 1.54) is 30.4 Å². The van der Waals surface area contributed by atoms with Gasteiger partial charge in [0.25, 0.3) is 0 Å². The molecular formula is C29H34O6. The molecule has 0 fully saturated rings. The van der Waals surface area contributed by atoms with Crippen LogP contribution < -0.4 is 10.2 Å². The van der Waals surface area contributed by atoms with Crippen LogP contribution in [0.15, 0.2) is 56.3 Å². The lowest BCUT2D eigenvalue weighted by Gasteiger charge is -2.14. The van der Waals surface area contributed by atoms with Gasteiger partial charge in [-0.25, -0.2) is 0 Å². The van der Waals surface area contributed by atoms with Crippen LogP contribution in [0.25, 0.3) is 21.9 Å². The fourth-order valence-corrected chi connectivity index (χ4v) is 4.07. The number of hydrogen-bond acceptors (Lipinski definition) is 6. The van der Waals surface area contributed by atoms with Crippen molar-refractivity contribution in [2.45, 2.75) is 60.3 Å². The lowest BCUT2D eigenvalue weighted by molar-refractivity contribution is 0.398. The second-order valence-corrected chi connectivity index (χ2v) is 9.38. The molecule has 0 bridgehead atoms. The van der Waals surface area contributed by atoms with Crippen LogP contribution in [-0.2, 0) is 12.8 Å². The third-order valence-corrected chi connectivity index (χ3v) is 5.99. The van der Waals surface area contributed by atoms with Gasteiger partial charge < -0.3 is 24.5 Å². The number of methoxy groups -OCH3 is 1. The average Bonchev–Trinajstić information content (AvgIpc) is 2.79. The second-order valence-electron chi connectivity index (χ2n) is 9.38. The molecule has 186 valence electrons. The van der Waals surface area contributed by atoms with Gasteiger partial charge in [-0.05, 0) is 71.9 Å². The van der Waals surface area contributed by atoms with E-state index in [4.69, 9.17) is 9.15 Å². The quantitative estimate of drug-likeness (QED) is 0.187. The Kier molecular flexibility index (Phi) is 7.95. The first kappa shape index (κ1) is 25.9. The molecule has 0 atom stereocenters. The molecule has 0 saturated heterocycles. The van der Waals surface area contributed by atoms with Crippen molar-refractivity contribution in [1.82, 2.24) is 0 Å². The first-order chi connectivity index (χ1) is 16.5. The predicted molar refractivity (Wildman–Crippen MR) is 141 cm³/mol. The zero-order valence-corrected chi connectivity index (χ0v) is 21.3. The van der Waals surface area contributed by atoms with Crippen LogP contribution in [-0.4, -0.2) is 22.4 Å². The monoisotopic (exact) mass is 478 g/mol. The maximum absolute atomic E-state index is 13.6. The fraction of sp³-hybridized carbons (Fsp3) is 0.345. The largest absolute Gasteiger partial charge is 0.507 e. The van der Waals surface area contributed by atoms with Crippen LogP contribution in [0, 0.1) is 0 Å². The molecule has 3 N–H and O–H groups in total. The SMILES string of the molecule is COc1cc(O)c2c(=O)c3c(CC=C(C)C)cc(O)c(O)c3oc2c1C/C=C(\C)CCC=C(C)C. The minimum Gasteiger partial charge on any atom is -0.507 e. The van der Waals surface area contributed by atoms with Crippen LogP contribution >= 0.6 is 0 Å². The van der Waals surface area contributed by atoms with Gasteiger partial charge in [0, 0.05) is 11.6 Å². The highest BCUT2D eigenvalue weighted by molar-refractivity contribution is 5.99. The Morgan fingerprint density at radius 1 is 0.886 bits per heavy atom. The van der Waals surface area contributed by atoms with Gasteiger partial charge in [0.1, 0.15) is 22.5 Å². The molecule has 3 rings (SSSR count). The lowest BCUT2D eigenvalue weighted by atomic mass is 9.98. The molecule has 1 aromatic heterocycles. The van der Waals surface area contributed by atoms with Crippen molar-refractivity contribution in [1.29, 1.82) is 0 Å². The highest BCUT2D eigenvalue weighted by atomic mass is 16.5. The van der Waals surface area contributed by atoms with Gasteiger partial charge in [-0.1, -0.05) is 34.9 Å². The summed E-state index contributed by atoms with van der Waals surface area (Å²) in [4.78, 5) is 13.6. The summed E-state index contributed by atoms with van der Waals surface area (Å²) >= 11 is 0. The summed E-state index contributed by atoms with van der Waals surface area (Å²) in [6.45, 7) is 10.0. The summed E-state index contributed by atoms with van der Waals surface area (Å²) in [6, 6.07) is 2.78. The second kappa shape index (κ2) is 10.7. The first-order valence-electron chi connectivity index (χ1n) is 11.7. The summed E-state index contributed by atoms with van der Waals surface area (Å²) in [5, 5.41) is 31.8. The molecule has 1 heterocycles. The molecule has 0 saturated carbocycles. The minimum atomic E-state index is -0.512. The molecule has 3 aromatic rings. The van der Waals surface area contributed by atoms with E-state index in [1.807, 2.05) is 32.9 Å². The van der Waals surface area contributed by atoms with Crippen molar-refractivity contribution in [3.8, 4) is 23.0 Å². The average molecular weight is 479 g/mol. The van der Waals surface area contributed by atoms with Crippen LogP contribution in [0.3, 0.4) is 0 Å². The molecule has 0 amide bonds. The van der Waals surface area contributed by atoms with E-state index < -0.39 is 11.2 Å². The molecule has 0 radical (unpaired) electrons. The van der Waals surface area contributed by atoms with Gasteiger partial charge in [0.05, 0.1) is 12.5 Å². The van der Waals surface area contributed by atoms with Gasteiger partial charge in [-0.2, -0.15) is 0 Å². The number of phenols is 3. The Hall–Kier alpha value is -3.67. The number of ether oxygens (including phenoxy) is 1. The van der Waals surface area contributed by atoms with E-state index in [-0.39, 0.29) is 33.4 Å². The number of allylic oxidation sites excluding steroid dienone is 6.